The summed E-state index contributed by atoms with van der Waals surface area (Å²) in [5.74, 6) is -1.96. The molecule has 0 saturated carbocycles. The molecule has 0 N–H and O–H groups in total. The van der Waals surface area contributed by atoms with Crippen molar-refractivity contribution >= 4 is 52.8 Å². The van der Waals surface area contributed by atoms with E-state index < -0.39 is 35.7 Å². The lowest BCUT2D eigenvalue weighted by Crippen LogP contribution is -2.72. The molecule has 1 aromatic rings. The number of amides is 3. The van der Waals surface area contributed by atoms with Gasteiger partial charge in [-0.25, -0.2) is 4.79 Å². The van der Waals surface area contributed by atoms with Crippen LogP contribution < -0.4 is 0 Å². The van der Waals surface area contributed by atoms with E-state index in [0.29, 0.717) is 28.3 Å². The summed E-state index contributed by atoms with van der Waals surface area (Å²) in [4.78, 5) is 64.7. The van der Waals surface area contributed by atoms with Crippen LogP contribution in [0.1, 0.15) is 36.5 Å². The van der Waals surface area contributed by atoms with Gasteiger partial charge < -0.3 is 4.74 Å². The maximum atomic E-state index is 12.9. The van der Waals surface area contributed by atoms with E-state index in [4.69, 9.17) is 16.3 Å². The highest BCUT2D eigenvalue weighted by Gasteiger charge is 2.58. The largest absolute Gasteiger partial charge is 0.453 e. The average Bonchev–Trinajstić information content (AvgIpc) is 2.74. The minimum atomic E-state index is -0.906. The van der Waals surface area contributed by atoms with Gasteiger partial charge >= 0.3 is 5.97 Å². The fraction of sp³-hybridized carbons (Fsp3) is 0.381. The molecule has 0 spiro atoms. The van der Waals surface area contributed by atoms with E-state index in [1.54, 1.807) is 19.1 Å². The SMILES string of the molecule is CC1=C(C(=O)OCC(=O)c2ccc(Cl)cc2)N2C(=O)C(N3C(=O)CCCC3=O)[C@H]2SC1. The number of carbonyl (C=O) groups is 5. The van der Waals surface area contributed by atoms with Gasteiger partial charge in [0.05, 0.1) is 0 Å². The van der Waals surface area contributed by atoms with Crippen molar-refractivity contribution in [3.05, 3.63) is 46.1 Å². The summed E-state index contributed by atoms with van der Waals surface area (Å²) < 4.78 is 5.19. The third kappa shape index (κ3) is 3.87. The van der Waals surface area contributed by atoms with E-state index in [0.717, 1.165) is 4.90 Å². The number of halogens is 1. The molecular weight excluding hydrogens is 444 g/mol. The van der Waals surface area contributed by atoms with Gasteiger partial charge in [-0.05, 0) is 43.2 Å². The van der Waals surface area contributed by atoms with Gasteiger partial charge in [-0.15, -0.1) is 11.8 Å². The summed E-state index contributed by atoms with van der Waals surface area (Å²) in [7, 11) is 0. The van der Waals surface area contributed by atoms with Gasteiger partial charge in [0.15, 0.2) is 12.4 Å². The van der Waals surface area contributed by atoms with Crippen molar-refractivity contribution in [3.8, 4) is 0 Å². The molecule has 1 unspecified atom stereocenters. The van der Waals surface area contributed by atoms with Crippen molar-refractivity contribution in [2.75, 3.05) is 12.4 Å². The Kier molecular flexibility index (Phi) is 5.90. The molecule has 2 atom stereocenters. The molecule has 4 rings (SSSR count). The Bertz CT molecular complexity index is 1010. The number of hydrogen-bond donors (Lipinski definition) is 0. The number of piperidine rings is 1. The molecular formula is C21H19ClN2O6S. The number of likely N-dealkylation sites (tertiary alicyclic amines) is 1. The summed E-state index contributed by atoms with van der Waals surface area (Å²) in [5, 5.41) is -0.0479. The van der Waals surface area contributed by atoms with Crippen LogP contribution in [0.25, 0.3) is 0 Å². The number of imide groups is 1. The van der Waals surface area contributed by atoms with E-state index in [2.05, 4.69) is 0 Å². The van der Waals surface area contributed by atoms with Gasteiger partial charge in [-0.2, -0.15) is 0 Å². The maximum absolute atomic E-state index is 12.9. The first kappa shape index (κ1) is 21.6. The molecule has 10 heteroatoms. The summed E-state index contributed by atoms with van der Waals surface area (Å²) in [6, 6.07) is 5.29. The van der Waals surface area contributed by atoms with Crippen LogP contribution in [0.5, 0.6) is 0 Å². The normalized spacial score (nSPS) is 23.5. The highest BCUT2D eigenvalue weighted by Crippen LogP contribution is 2.43. The minimum absolute atomic E-state index is 0.0748. The standard InChI is InChI=1S/C21H19ClN2O6S/c1-11-10-31-20-18(23-15(26)3-2-4-16(23)27)19(28)24(20)17(11)21(29)30-9-14(25)12-5-7-13(22)8-6-12/h5-8,18,20H,2-4,9-10H2,1H3/t18?,20-/m1/s1. The molecule has 1 aromatic carbocycles. The van der Waals surface area contributed by atoms with E-state index in [1.165, 1.54) is 28.8 Å². The van der Waals surface area contributed by atoms with Gasteiger partial charge in [-0.1, -0.05) is 11.6 Å². The summed E-state index contributed by atoms with van der Waals surface area (Å²) >= 11 is 7.20. The lowest BCUT2D eigenvalue weighted by Gasteiger charge is -2.52. The predicted octanol–water partition coefficient (Wildman–Crippen LogP) is 2.16. The fourth-order valence-electron chi connectivity index (χ4n) is 3.85. The molecule has 3 aliphatic rings. The van der Waals surface area contributed by atoms with E-state index in [9.17, 15) is 24.0 Å². The van der Waals surface area contributed by atoms with Crippen LogP contribution in [-0.4, -0.2) is 63.0 Å². The quantitative estimate of drug-likeness (QED) is 0.286. The van der Waals surface area contributed by atoms with Crippen LogP contribution in [0, 0.1) is 0 Å². The number of ketones is 1. The second kappa shape index (κ2) is 8.47. The van der Waals surface area contributed by atoms with Crippen molar-refractivity contribution in [1.82, 2.24) is 9.80 Å². The molecule has 3 aliphatic heterocycles. The van der Waals surface area contributed by atoms with Crippen LogP contribution in [0.3, 0.4) is 0 Å². The smallest absolute Gasteiger partial charge is 0.355 e. The number of rotatable bonds is 5. The predicted molar refractivity (Wildman–Crippen MR) is 112 cm³/mol. The van der Waals surface area contributed by atoms with E-state index in [1.807, 2.05) is 0 Å². The maximum Gasteiger partial charge on any atom is 0.355 e. The number of ether oxygens (including phenoxy) is 1. The van der Waals surface area contributed by atoms with Crippen LogP contribution in [0.2, 0.25) is 5.02 Å². The zero-order valence-corrected chi connectivity index (χ0v) is 18.2. The van der Waals surface area contributed by atoms with Crippen molar-refractivity contribution in [1.29, 1.82) is 0 Å². The number of carbonyl (C=O) groups excluding carboxylic acids is 5. The monoisotopic (exact) mass is 462 g/mol. The highest BCUT2D eigenvalue weighted by molar-refractivity contribution is 8.00. The van der Waals surface area contributed by atoms with Crippen LogP contribution >= 0.6 is 23.4 Å². The zero-order chi connectivity index (χ0) is 22.3. The fourth-order valence-corrected chi connectivity index (χ4v) is 5.31. The van der Waals surface area contributed by atoms with Crippen molar-refractivity contribution in [2.24, 2.45) is 0 Å². The molecule has 162 valence electrons. The number of β-lactam (4-membered cyclic amide) rings is 1. The number of Topliss-reactive ketones (excluding diaryl/α,β-unsaturated/α-hetero) is 1. The topological polar surface area (TPSA) is 101 Å². The van der Waals surface area contributed by atoms with Gasteiger partial charge in [0.2, 0.25) is 11.8 Å². The third-order valence-electron chi connectivity index (χ3n) is 5.42. The zero-order valence-electron chi connectivity index (χ0n) is 16.6. The van der Waals surface area contributed by atoms with E-state index >= 15 is 0 Å². The number of benzene rings is 1. The molecule has 2 fully saturated rings. The molecule has 0 bridgehead atoms. The molecule has 0 radical (unpaired) electrons. The van der Waals surface area contributed by atoms with Gasteiger partial charge in [0.1, 0.15) is 17.1 Å². The Balaban J connectivity index is 1.46. The second-order valence-electron chi connectivity index (χ2n) is 7.50. The average molecular weight is 463 g/mol. The first-order valence-corrected chi connectivity index (χ1v) is 11.2. The van der Waals surface area contributed by atoms with E-state index in [-0.39, 0.29) is 30.4 Å². The first-order valence-electron chi connectivity index (χ1n) is 9.75. The van der Waals surface area contributed by atoms with Crippen molar-refractivity contribution < 1.29 is 28.7 Å². The van der Waals surface area contributed by atoms with Crippen molar-refractivity contribution in [3.63, 3.8) is 0 Å². The Hall–Kier alpha value is -2.65. The van der Waals surface area contributed by atoms with Crippen LogP contribution in [0.4, 0.5) is 0 Å². The number of thioether (sulfide) groups is 1. The number of nitrogens with zero attached hydrogens (tertiary/aromatic N) is 2. The Morgan fingerprint density at radius 2 is 1.74 bits per heavy atom. The molecule has 8 nitrogen and oxygen atoms in total. The number of hydrogen-bond acceptors (Lipinski definition) is 7. The third-order valence-corrected chi connectivity index (χ3v) is 7.08. The lowest BCUT2D eigenvalue weighted by molar-refractivity contribution is -0.168. The molecule has 3 heterocycles. The summed E-state index contributed by atoms with van der Waals surface area (Å²) in [5.41, 5.74) is 1.06. The second-order valence-corrected chi connectivity index (χ2v) is 9.04. The first-order chi connectivity index (χ1) is 14.8. The van der Waals surface area contributed by atoms with Gasteiger partial charge in [-0.3, -0.25) is 29.0 Å². The van der Waals surface area contributed by atoms with Gasteiger partial charge in [0, 0.05) is 29.2 Å². The number of esters is 1. The van der Waals surface area contributed by atoms with Gasteiger partial charge in [0.25, 0.3) is 5.91 Å². The van der Waals surface area contributed by atoms with Crippen LogP contribution in [-0.2, 0) is 23.9 Å². The summed E-state index contributed by atoms with van der Waals surface area (Å²) in [6.45, 7) is 1.22. The number of fused-ring (bicyclic) bond motifs is 1. The van der Waals surface area contributed by atoms with Crippen LogP contribution in [0.15, 0.2) is 35.5 Å². The Labute approximate surface area is 187 Å². The molecule has 3 amide bonds. The summed E-state index contributed by atoms with van der Waals surface area (Å²) in [6.07, 6.45) is 0.932. The highest BCUT2D eigenvalue weighted by atomic mass is 35.5. The lowest BCUT2D eigenvalue weighted by atomic mass is 9.98. The molecule has 31 heavy (non-hydrogen) atoms. The Morgan fingerprint density at radius 1 is 1.10 bits per heavy atom. The van der Waals surface area contributed by atoms with Crippen molar-refractivity contribution in [2.45, 2.75) is 37.6 Å². The minimum Gasteiger partial charge on any atom is -0.453 e. The molecule has 0 aromatic heterocycles. The molecule has 2 saturated heterocycles. The Morgan fingerprint density at radius 3 is 2.39 bits per heavy atom. The molecule has 0 aliphatic carbocycles.